The number of nitrogens with one attached hydrogen (secondary N) is 1. The molecule has 5 heteroatoms. The smallest absolute Gasteiger partial charge is 0.322 e. The number of hydrogen-bond donors (Lipinski definition) is 1. The van der Waals surface area contributed by atoms with Crippen molar-refractivity contribution in [3.63, 3.8) is 0 Å². The Bertz CT molecular complexity index is 596. The van der Waals surface area contributed by atoms with Crippen LogP contribution in [0.4, 0.5) is 10.5 Å². The van der Waals surface area contributed by atoms with Gasteiger partial charge in [-0.25, -0.2) is 4.79 Å². The fourth-order valence-corrected chi connectivity index (χ4v) is 3.44. The van der Waals surface area contributed by atoms with Gasteiger partial charge in [0.05, 0.1) is 19.3 Å². The van der Waals surface area contributed by atoms with Crippen LogP contribution in [-0.2, 0) is 11.3 Å². The minimum atomic E-state index is 0.000491. The largest absolute Gasteiger partial charge is 0.379 e. The number of urea groups is 1. The van der Waals surface area contributed by atoms with Crippen LogP contribution < -0.4 is 5.32 Å². The second kappa shape index (κ2) is 9.02. The summed E-state index contributed by atoms with van der Waals surface area (Å²) in [6.45, 7) is 7.18. The van der Waals surface area contributed by atoms with Gasteiger partial charge >= 0.3 is 6.03 Å². The molecule has 1 atom stereocenters. The number of amides is 2. The van der Waals surface area contributed by atoms with Crippen molar-refractivity contribution >= 4 is 11.7 Å². The molecule has 0 aromatic heterocycles. The molecule has 2 aliphatic rings. The Hall–Kier alpha value is -1.85. The Morgan fingerprint density at radius 1 is 1.28 bits per heavy atom. The molecule has 2 amide bonds. The topological polar surface area (TPSA) is 44.8 Å². The van der Waals surface area contributed by atoms with Gasteiger partial charge in [-0.2, -0.15) is 0 Å². The lowest BCUT2D eigenvalue weighted by molar-refractivity contribution is 0.0342. The number of carbonyl (C=O) groups is 1. The first-order valence-corrected chi connectivity index (χ1v) is 9.40. The molecule has 136 valence electrons. The highest BCUT2D eigenvalue weighted by molar-refractivity contribution is 5.90. The lowest BCUT2D eigenvalue weighted by atomic mass is 10.1. The Morgan fingerprint density at radius 2 is 2.08 bits per heavy atom. The molecule has 1 aromatic rings. The minimum Gasteiger partial charge on any atom is -0.379 e. The van der Waals surface area contributed by atoms with Gasteiger partial charge in [0.25, 0.3) is 0 Å². The summed E-state index contributed by atoms with van der Waals surface area (Å²) in [7, 11) is 0. The third kappa shape index (κ3) is 4.83. The van der Waals surface area contributed by atoms with Gasteiger partial charge < -0.3 is 15.0 Å². The lowest BCUT2D eigenvalue weighted by Crippen LogP contribution is -2.39. The van der Waals surface area contributed by atoms with E-state index in [1.54, 1.807) is 0 Å². The molecule has 1 fully saturated rings. The van der Waals surface area contributed by atoms with Gasteiger partial charge in [0.15, 0.2) is 0 Å². The Kier molecular flexibility index (Phi) is 6.48. The molecular formula is C20H29N3O2. The van der Waals surface area contributed by atoms with Crippen molar-refractivity contribution in [2.45, 2.75) is 38.8 Å². The summed E-state index contributed by atoms with van der Waals surface area (Å²) in [4.78, 5) is 17.1. The standard InChI is InChI=1S/C20H29N3O2/c1-2-3-8-18-9-6-11-23(18)20(24)21-19-10-5-4-7-17(19)16-22-12-14-25-15-13-22/h4-7,9-10,18H,2-3,8,11-16H2,1H3,(H,21,24). The third-order valence-corrected chi connectivity index (χ3v) is 4.93. The number of morpholine rings is 1. The first-order chi connectivity index (χ1) is 12.3. The Labute approximate surface area is 150 Å². The van der Waals surface area contributed by atoms with E-state index in [0.717, 1.165) is 63.4 Å². The molecule has 0 radical (unpaired) electrons. The normalized spacial score (nSPS) is 20.8. The number of rotatable bonds is 6. The van der Waals surface area contributed by atoms with Crippen LogP contribution in [-0.4, -0.2) is 54.7 Å². The molecule has 0 bridgehead atoms. The predicted octanol–water partition coefficient (Wildman–Crippen LogP) is 3.48. The molecule has 2 aliphatic heterocycles. The van der Waals surface area contributed by atoms with Gasteiger partial charge in [0, 0.05) is 31.9 Å². The van der Waals surface area contributed by atoms with Crippen molar-refractivity contribution in [3.8, 4) is 0 Å². The molecule has 5 nitrogen and oxygen atoms in total. The van der Waals surface area contributed by atoms with Crippen molar-refractivity contribution in [2.75, 3.05) is 38.2 Å². The van der Waals surface area contributed by atoms with Gasteiger partial charge in [-0.3, -0.25) is 4.90 Å². The van der Waals surface area contributed by atoms with Crippen molar-refractivity contribution < 1.29 is 9.53 Å². The van der Waals surface area contributed by atoms with E-state index in [1.807, 2.05) is 23.1 Å². The van der Waals surface area contributed by atoms with Gasteiger partial charge in [-0.1, -0.05) is 50.1 Å². The first-order valence-electron chi connectivity index (χ1n) is 9.40. The maximum atomic E-state index is 12.8. The molecular weight excluding hydrogens is 314 g/mol. The number of benzene rings is 1. The van der Waals surface area contributed by atoms with Gasteiger partial charge in [-0.05, 0) is 18.1 Å². The van der Waals surface area contributed by atoms with E-state index in [9.17, 15) is 4.79 Å². The van der Waals surface area contributed by atoms with Crippen LogP contribution in [0.25, 0.3) is 0 Å². The molecule has 0 spiro atoms. The highest BCUT2D eigenvalue weighted by Crippen LogP contribution is 2.21. The molecule has 0 saturated carbocycles. The predicted molar refractivity (Wildman–Crippen MR) is 101 cm³/mol. The third-order valence-electron chi connectivity index (χ3n) is 4.93. The highest BCUT2D eigenvalue weighted by atomic mass is 16.5. The van der Waals surface area contributed by atoms with E-state index < -0.39 is 0 Å². The zero-order valence-corrected chi connectivity index (χ0v) is 15.1. The summed E-state index contributed by atoms with van der Waals surface area (Å²) in [5.41, 5.74) is 2.08. The molecule has 1 N–H and O–H groups in total. The fraction of sp³-hybridized carbons (Fsp3) is 0.550. The number of ether oxygens (including phenoxy) is 1. The summed E-state index contributed by atoms with van der Waals surface area (Å²) < 4.78 is 5.42. The molecule has 2 heterocycles. The molecule has 1 unspecified atom stereocenters. The maximum absolute atomic E-state index is 12.8. The van der Waals surface area contributed by atoms with E-state index in [-0.39, 0.29) is 12.1 Å². The monoisotopic (exact) mass is 343 g/mol. The summed E-state index contributed by atoms with van der Waals surface area (Å²) in [6, 6.07) is 8.34. The average Bonchev–Trinajstić information content (AvgIpc) is 3.11. The zero-order valence-electron chi connectivity index (χ0n) is 15.1. The number of unbranched alkanes of at least 4 members (excludes halogenated alkanes) is 1. The molecule has 0 aliphatic carbocycles. The number of nitrogens with zero attached hydrogens (tertiary/aromatic N) is 2. The summed E-state index contributed by atoms with van der Waals surface area (Å²) in [5.74, 6) is 0. The molecule has 1 saturated heterocycles. The van der Waals surface area contributed by atoms with Crippen LogP contribution in [0.2, 0.25) is 0 Å². The molecule has 1 aromatic carbocycles. The molecule has 3 rings (SSSR count). The van der Waals surface area contributed by atoms with Crippen molar-refractivity contribution in [1.29, 1.82) is 0 Å². The van der Waals surface area contributed by atoms with E-state index >= 15 is 0 Å². The summed E-state index contributed by atoms with van der Waals surface area (Å²) >= 11 is 0. The minimum absolute atomic E-state index is 0.000491. The van der Waals surface area contributed by atoms with Crippen LogP contribution >= 0.6 is 0 Å². The van der Waals surface area contributed by atoms with E-state index in [0.29, 0.717) is 6.54 Å². The molecule has 25 heavy (non-hydrogen) atoms. The van der Waals surface area contributed by atoms with E-state index in [2.05, 4.69) is 35.4 Å². The van der Waals surface area contributed by atoms with Crippen LogP contribution in [0.5, 0.6) is 0 Å². The summed E-state index contributed by atoms with van der Waals surface area (Å²) in [6.07, 6.45) is 7.60. The quantitative estimate of drug-likeness (QED) is 0.804. The fourth-order valence-electron chi connectivity index (χ4n) is 3.44. The Balaban J connectivity index is 1.63. The van der Waals surface area contributed by atoms with E-state index in [1.165, 1.54) is 0 Å². The van der Waals surface area contributed by atoms with Crippen LogP contribution in [0.15, 0.2) is 36.4 Å². The van der Waals surface area contributed by atoms with Crippen LogP contribution in [0.1, 0.15) is 31.7 Å². The van der Waals surface area contributed by atoms with Gasteiger partial charge in [-0.15, -0.1) is 0 Å². The average molecular weight is 343 g/mol. The lowest BCUT2D eigenvalue weighted by Gasteiger charge is -2.28. The van der Waals surface area contributed by atoms with Crippen molar-refractivity contribution in [3.05, 3.63) is 42.0 Å². The first kappa shape index (κ1) is 18.0. The number of anilines is 1. The van der Waals surface area contributed by atoms with Crippen LogP contribution in [0, 0.1) is 0 Å². The highest BCUT2D eigenvalue weighted by Gasteiger charge is 2.24. The van der Waals surface area contributed by atoms with Crippen molar-refractivity contribution in [2.24, 2.45) is 0 Å². The van der Waals surface area contributed by atoms with Gasteiger partial charge in [0.2, 0.25) is 0 Å². The second-order valence-corrected chi connectivity index (χ2v) is 6.77. The maximum Gasteiger partial charge on any atom is 0.322 e. The number of hydrogen-bond acceptors (Lipinski definition) is 3. The van der Waals surface area contributed by atoms with Crippen molar-refractivity contribution in [1.82, 2.24) is 9.80 Å². The van der Waals surface area contributed by atoms with E-state index in [4.69, 9.17) is 4.74 Å². The number of carbonyl (C=O) groups excluding carboxylic acids is 1. The summed E-state index contributed by atoms with van der Waals surface area (Å²) in [5, 5.41) is 3.14. The SMILES string of the molecule is CCCCC1C=CCN1C(=O)Nc1ccccc1CN1CCOCC1. The number of para-hydroxylation sites is 1. The van der Waals surface area contributed by atoms with Crippen LogP contribution in [0.3, 0.4) is 0 Å². The zero-order chi connectivity index (χ0) is 17.5. The second-order valence-electron chi connectivity index (χ2n) is 6.77. The Morgan fingerprint density at radius 3 is 2.88 bits per heavy atom. The van der Waals surface area contributed by atoms with Gasteiger partial charge in [0.1, 0.15) is 0 Å².